The van der Waals surface area contributed by atoms with Gasteiger partial charge in [0.15, 0.2) is 5.78 Å². The summed E-state index contributed by atoms with van der Waals surface area (Å²) in [5, 5.41) is 9.15. The monoisotopic (exact) mass is 328 g/mol. The SMILES string of the molecule is CC(=O)[C@@H](C/C=C/C(=O)c1ccccc1C(=O)O)C1CCCCC1. The Morgan fingerprint density at radius 2 is 1.75 bits per heavy atom. The number of carbonyl (C=O) groups excluding carboxylic acids is 2. The van der Waals surface area contributed by atoms with E-state index in [0.717, 1.165) is 12.8 Å². The lowest BCUT2D eigenvalue weighted by atomic mass is 9.77. The number of Topliss-reactive ketones (excluding diaryl/α,β-unsaturated/α-hetero) is 1. The van der Waals surface area contributed by atoms with E-state index in [1.54, 1.807) is 25.1 Å². The number of aromatic carboxylic acids is 1. The second kappa shape index (κ2) is 8.57. The molecule has 0 unspecified atom stereocenters. The van der Waals surface area contributed by atoms with Gasteiger partial charge in [-0.2, -0.15) is 0 Å². The summed E-state index contributed by atoms with van der Waals surface area (Å²) in [7, 11) is 0. The lowest BCUT2D eigenvalue weighted by molar-refractivity contribution is -0.122. The Bertz CT molecular complexity index is 639. The number of carboxylic acids is 1. The van der Waals surface area contributed by atoms with Crippen LogP contribution in [-0.4, -0.2) is 22.6 Å². The van der Waals surface area contributed by atoms with Gasteiger partial charge in [-0.05, 0) is 44.2 Å². The third kappa shape index (κ3) is 4.63. The van der Waals surface area contributed by atoms with E-state index < -0.39 is 5.97 Å². The first-order chi connectivity index (χ1) is 11.5. The van der Waals surface area contributed by atoms with E-state index in [1.807, 2.05) is 0 Å². The normalized spacial score (nSPS) is 16.9. The highest BCUT2D eigenvalue weighted by Crippen LogP contribution is 2.32. The minimum Gasteiger partial charge on any atom is -0.478 e. The Morgan fingerprint density at radius 3 is 2.33 bits per heavy atom. The third-order valence-electron chi connectivity index (χ3n) is 4.82. The van der Waals surface area contributed by atoms with E-state index >= 15 is 0 Å². The second-order valence-electron chi connectivity index (χ2n) is 6.47. The maximum Gasteiger partial charge on any atom is 0.336 e. The molecule has 1 aliphatic carbocycles. The van der Waals surface area contributed by atoms with Crippen molar-refractivity contribution in [1.29, 1.82) is 0 Å². The number of hydrogen-bond donors (Lipinski definition) is 1. The molecule has 4 heteroatoms. The van der Waals surface area contributed by atoms with Crippen LogP contribution in [0.3, 0.4) is 0 Å². The summed E-state index contributed by atoms with van der Waals surface area (Å²) < 4.78 is 0. The van der Waals surface area contributed by atoms with Crippen molar-refractivity contribution < 1.29 is 19.5 Å². The van der Waals surface area contributed by atoms with Crippen molar-refractivity contribution >= 4 is 17.5 Å². The molecule has 0 amide bonds. The predicted molar refractivity (Wildman–Crippen MR) is 92.2 cm³/mol. The van der Waals surface area contributed by atoms with Gasteiger partial charge in [0, 0.05) is 11.5 Å². The average Bonchev–Trinajstić information content (AvgIpc) is 2.59. The van der Waals surface area contributed by atoms with E-state index in [4.69, 9.17) is 5.11 Å². The third-order valence-corrected chi connectivity index (χ3v) is 4.82. The number of ketones is 2. The van der Waals surface area contributed by atoms with Gasteiger partial charge in [0.05, 0.1) is 5.56 Å². The Hall–Kier alpha value is -2.23. The first kappa shape index (κ1) is 18.1. The van der Waals surface area contributed by atoms with Crippen molar-refractivity contribution in [1.82, 2.24) is 0 Å². The van der Waals surface area contributed by atoms with Crippen LogP contribution in [0.4, 0.5) is 0 Å². The molecule has 1 fully saturated rings. The van der Waals surface area contributed by atoms with Gasteiger partial charge in [-0.1, -0.05) is 43.5 Å². The lowest BCUT2D eigenvalue weighted by Gasteiger charge is -2.27. The van der Waals surface area contributed by atoms with Crippen LogP contribution >= 0.6 is 0 Å². The van der Waals surface area contributed by atoms with Gasteiger partial charge in [0.2, 0.25) is 0 Å². The molecule has 1 N–H and O–H groups in total. The molecule has 128 valence electrons. The van der Waals surface area contributed by atoms with Crippen LogP contribution in [0.25, 0.3) is 0 Å². The number of hydrogen-bond acceptors (Lipinski definition) is 3. The van der Waals surface area contributed by atoms with Gasteiger partial charge in [-0.15, -0.1) is 0 Å². The molecule has 0 aliphatic heterocycles. The highest BCUT2D eigenvalue weighted by molar-refractivity contribution is 6.11. The van der Waals surface area contributed by atoms with Gasteiger partial charge in [0.25, 0.3) is 0 Å². The topological polar surface area (TPSA) is 71.4 Å². The fourth-order valence-corrected chi connectivity index (χ4v) is 3.52. The number of carboxylic acid groups (broad SMARTS) is 1. The lowest BCUT2D eigenvalue weighted by Crippen LogP contribution is -2.23. The molecule has 1 atom stereocenters. The van der Waals surface area contributed by atoms with Crippen molar-refractivity contribution in [3.8, 4) is 0 Å². The number of benzene rings is 1. The zero-order valence-electron chi connectivity index (χ0n) is 14.0. The molecule has 0 spiro atoms. The van der Waals surface area contributed by atoms with Crippen molar-refractivity contribution in [2.24, 2.45) is 11.8 Å². The summed E-state index contributed by atoms with van der Waals surface area (Å²) in [6.07, 6.45) is 9.40. The molecule has 1 aromatic carbocycles. The molecule has 0 aromatic heterocycles. The number of carbonyl (C=O) groups is 3. The number of rotatable bonds is 7. The van der Waals surface area contributed by atoms with Crippen LogP contribution in [0.2, 0.25) is 0 Å². The highest BCUT2D eigenvalue weighted by atomic mass is 16.4. The molecule has 2 rings (SSSR count). The zero-order valence-corrected chi connectivity index (χ0v) is 14.0. The largest absolute Gasteiger partial charge is 0.478 e. The minimum atomic E-state index is -1.11. The quantitative estimate of drug-likeness (QED) is 0.598. The number of allylic oxidation sites excluding steroid dienone is 2. The van der Waals surface area contributed by atoms with Crippen molar-refractivity contribution in [2.75, 3.05) is 0 Å². The zero-order chi connectivity index (χ0) is 17.5. The standard InChI is InChI=1S/C20H24O4/c1-14(21)16(15-8-3-2-4-9-15)12-7-13-19(22)17-10-5-6-11-18(17)20(23)24/h5-7,10-11,13,15-16H,2-4,8-9,12H2,1H3,(H,23,24)/b13-7+/t16-/m1/s1. The molecule has 24 heavy (non-hydrogen) atoms. The van der Waals surface area contributed by atoms with Gasteiger partial charge >= 0.3 is 5.97 Å². The minimum absolute atomic E-state index is 0.00236. The van der Waals surface area contributed by atoms with Crippen molar-refractivity contribution in [3.63, 3.8) is 0 Å². The molecular formula is C20H24O4. The van der Waals surface area contributed by atoms with Crippen LogP contribution < -0.4 is 0 Å². The Morgan fingerprint density at radius 1 is 1.12 bits per heavy atom. The van der Waals surface area contributed by atoms with Crippen LogP contribution in [-0.2, 0) is 4.79 Å². The van der Waals surface area contributed by atoms with E-state index in [2.05, 4.69) is 0 Å². The van der Waals surface area contributed by atoms with E-state index in [9.17, 15) is 14.4 Å². The smallest absolute Gasteiger partial charge is 0.336 e. The van der Waals surface area contributed by atoms with Crippen molar-refractivity contribution in [3.05, 3.63) is 47.5 Å². The summed E-state index contributed by atoms with van der Waals surface area (Å²) in [6.45, 7) is 1.62. The first-order valence-electron chi connectivity index (χ1n) is 8.54. The van der Waals surface area contributed by atoms with Gasteiger partial charge < -0.3 is 5.11 Å². The molecule has 4 nitrogen and oxygen atoms in total. The summed E-state index contributed by atoms with van der Waals surface area (Å²) >= 11 is 0. The molecule has 0 saturated heterocycles. The molecular weight excluding hydrogens is 304 g/mol. The molecule has 1 aromatic rings. The van der Waals surface area contributed by atoms with Crippen molar-refractivity contribution in [2.45, 2.75) is 45.4 Å². The molecule has 0 bridgehead atoms. The maximum absolute atomic E-state index is 12.3. The summed E-state index contributed by atoms with van der Waals surface area (Å²) in [5.74, 6) is -0.911. The maximum atomic E-state index is 12.3. The fraction of sp³-hybridized carbons (Fsp3) is 0.450. The first-order valence-corrected chi connectivity index (χ1v) is 8.54. The predicted octanol–water partition coefficient (Wildman–Crippen LogP) is 4.30. The van der Waals surface area contributed by atoms with Gasteiger partial charge in [-0.25, -0.2) is 4.79 Å². The highest BCUT2D eigenvalue weighted by Gasteiger charge is 2.26. The summed E-state index contributed by atoms with van der Waals surface area (Å²) in [6, 6.07) is 6.18. The van der Waals surface area contributed by atoms with Gasteiger partial charge in [0.1, 0.15) is 5.78 Å². The average molecular weight is 328 g/mol. The summed E-state index contributed by atoms with van der Waals surface area (Å²) in [5.41, 5.74) is 0.181. The van der Waals surface area contributed by atoms with Crippen LogP contribution in [0, 0.1) is 11.8 Å². The summed E-state index contributed by atoms with van der Waals surface area (Å²) in [4.78, 5) is 35.4. The van der Waals surface area contributed by atoms with Gasteiger partial charge in [-0.3, -0.25) is 9.59 Å². The molecule has 0 radical (unpaired) electrons. The van der Waals surface area contributed by atoms with Crippen LogP contribution in [0.15, 0.2) is 36.4 Å². The van der Waals surface area contributed by atoms with Crippen LogP contribution in [0.5, 0.6) is 0 Å². The van der Waals surface area contributed by atoms with Crippen LogP contribution in [0.1, 0.15) is 66.2 Å². The molecule has 0 heterocycles. The fourth-order valence-electron chi connectivity index (χ4n) is 3.52. The Labute approximate surface area is 142 Å². The molecule has 1 saturated carbocycles. The second-order valence-corrected chi connectivity index (χ2v) is 6.47. The van der Waals surface area contributed by atoms with E-state index in [-0.39, 0.29) is 28.6 Å². The Kier molecular flexibility index (Phi) is 6.47. The molecule has 1 aliphatic rings. The van der Waals surface area contributed by atoms with E-state index in [0.29, 0.717) is 12.3 Å². The Balaban J connectivity index is 2.05. The van der Waals surface area contributed by atoms with E-state index in [1.165, 1.54) is 37.5 Å².